The molecule has 0 aliphatic carbocycles. The van der Waals surface area contributed by atoms with Crippen molar-refractivity contribution < 1.29 is 18.3 Å². The Hall–Kier alpha value is -3.00. The molecule has 1 aliphatic heterocycles. The van der Waals surface area contributed by atoms with Gasteiger partial charge in [0.15, 0.2) is 16.7 Å². The van der Waals surface area contributed by atoms with Crippen molar-refractivity contribution in [2.45, 2.75) is 13.0 Å². The molecular weight excluding hydrogens is 372 g/mol. The number of thiocarbonyl (C=S) groups is 1. The van der Waals surface area contributed by atoms with E-state index in [1.165, 1.54) is 13.2 Å². The molecule has 27 heavy (non-hydrogen) atoms. The SMILES string of the molecule is COc1ccccc1[C@@H]1NC(=S)NC(C)=C1C(=O)Nc1ccc(F)c(F)c1. The van der Waals surface area contributed by atoms with Crippen molar-refractivity contribution in [3.63, 3.8) is 0 Å². The molecule has 0 unspecified atom stereocenters. The standard InChI is InChI=1S/C19H17F2N3O2S/c1-10-16(18(25)23-11-7-8-13(20)14(21)9-11)17(24-19(27)22-10)12-5-3-4-6-15(12)26-2/h3-9,17H,1-2H3,(H,23,25)(H2,22,24,27)/t17-/m0/s1. The maximum absolute atomic E-state index is 13.4. The van der Waals surface area contributed by atoms with E-state index >= 15 is 0 Å². The number of amides is 1. The molecule has 0 aromatic heterocycles. The van der Waals surface area contributed by atoms with Gasteiger partial charge in [-0.15, -0.1) is 0 Å². The number of benzene rings is 2. The fourth-order valence-corrected chi connectivity index (χ4v) is 3.18. The maximum Gasteiger partial charge on any atom is 0.255 e. The van der Waals surface area contributed by atoms with E-state index in [0.29, 0.717) is 22.1 Å². The molecule has 1 heterocycles. The molecule has 0 fully saturated rings. The van der Waals surface area contributed by atoms with Crippen molar-refractivity contribution in [3.8, 4) is 5.75 Å². The fourth-order valence-electron chi connectivity index (χ4n) is 2.91. The van der Waals surface area contributed by atoms with E-state index in [1.807, 2.05) is 18.2 Å². The number of carbonyl (C=O) groups is 1. The summed E-state index contributed by atoms with van der Waals surface area (Å²) in [7, 11) is 1.54. The molecule has 140 valence electrons. The van der Waals surface area contributed by atoms with Crippen molar-refractivity contribution in [2.75, 3.05) is 12.4 Å². The lowest BCUT2D eigenvalue weighted by molar-refractivity contribution is -0.113. The number of rotatable bonds is 4. The first-order valence-corrected chi connectivity index (χ1v) is 8.49. The van der Waals surface area contributed by atoms with E-state index in [-0.39, 0.29) is 5.69 Å². The normalized spacial score (nSPS) is 16.4. The number of ether oxygens (including phenoxy) is 1. The third kappa shape index (κ3) is 3.90. The second-order valence-electron chi connectivity index (χ2n) is 5.90. The highest BCUT2D eigenvalue weighted by molar-refractivity contribution is 7.80. The molecule has 0 bridgehead atoms. The lowest BCUT2D eigenvalue weighted by Gasteiger charge is -2.31. The number of allylic oxidation sites excluding steroid dienone is 1. The second kappa shape index (κ2) is 7.71. The van der Waals surface area contributed by atoms with Crippen LogP contribution in [0.15, 0.2) is 53.7 Å². The van der Waals surface area contributed by atoms with Gasteiger partial charge in [0, 0.05) is 23.0 Å². The highest BCUT2D eigenvalue weighted by Gasteiger charge is 2.31. The van der Waals surface area contributed by atoms with Gasteiger partial charge in [-0.3, -0.25) is 4.79 Å². The highest BCUT2D eigenvalue weighted by atomic mass is 32.1. The largest absolute Gasteiger partial charge is 0.496 e. The second-order valence-corrected chi connectivity index (χ2v) is 6.30. The van der Waals surface area contributed by atoms with Crippen molar-refractivity contribution in [3.05, 3.63) is 70.9 Å². The molecule has 2 aromatic rings. The van der Waals surface area contributed by atoms with Gasteiger partial charge in [-0.2, -0.15) is 0 Å². The van der Waals surface area contributed by atoms with Crippen molar-refractivity contribution in [1.82, 2.24) is 10.6 Å². The van der Waals surface area contributed by atoms with E-state index < -0.39 is 23.6 Å². The minimum absolute atomic E-state index is 0.145. The molecule has 5 nitrogen and oxygen atoms in total. The predicted molar refractivity (Wildman–Crippen MR) is 102 cm³/mol. The lowest BCUT2D eigenvalue weighted by Crippen LogP contribution is -2.45. The molecule has 3 N–H and O–H groups in total. The van der Waals surface area contributed by atoms with Gasteiger partial charge in [0.05, 0.1) is 18.7 Å². The summed E-state index contributed by atoms with van der Waals surface area (Å²) in [6.45, 7) is 1.72. The summed E-state index contributed by atoms with van der Waals surface area (Å²) in [5.74, 6) is -1.91. The zero-order chi connectivity index (χ0) is 19.6. The Bertz CT molecular complexity index is 946. The Balaban J connectivity index is 1.98. The summed E-state index contributed by atoms with van der Waals surface area (Å²) < 4.78 is 32.0. The zero-order valence-corrected chi connectivity index (χ0v) is 15.4. The molecule has 2 aromatic carbocycles. The number of nitrogens with one attached hydrogen (secondary N) is 3. The first kappa shape index (κ1) is 18.8. The summed E-state index contributed by atoms with van der Waals surface area (Å²) in [4.78, 5) is 12.9. The van der Waals surface area contributed by atoms with Crippen molar-refractivity contribution in [2.24, 2.45) is 0 Å². The number of hydrogen-bond donors (Lipinski definition) is 3. The molecule has 0 radical (unpaired) electrons. The van der Waals surface area contributed by atoms with Gasteiger partial charge in [0.2, 0.25) is 0 Å². The van der Waals surface area contributed by atoms with Crippen LogP contribution < -0.4 is 20.7 Å². The molecule has 8 heteroatoms. The quantitative estimate of drug-likeness (QED) is 0.700. The van der Waals surface area contributed by atoms with Crippen LogP contribution in [-0.4, -0.2) is 18.1 Å². The van der Waals surface area contributed by atoms with Crippen LogP contribution in [0.3, 0.4) is 0 Å². The van der Waals surface area contributed by atoms with Crippen LogP contribution in [0.5, 0.6) is 5.75 Å². The predicted octanol–water partition coefficient (Wildman–Crippen LogP) is 3.40. The number of anilines is 1. The van der Waals surface area contributed by atoms with E-state index in [9.17, 15) is 13.6 Å². The van der Waals surface area contributed by atoms with E-state index in [0.717, 1.165) is 17.7 Å². The van der Waals surface area contributed by atoms with Crippen LogP contribution in [0.1, 0.15) is 18.5 Å². The highest BCUT2D eigenvalue weighted by Crippen LogP contribution is 2.33. The van der Waals surface area contributed by atoms with Gasteiger partial charge >= 0.3 is 0 Å². The lowest BCUT2D eigenvalue weighted by atomic mass is 9.94. The van der Waals surface area contributed by atoms with E-state index in [4.69, 9.17) is 17.0 Å². The smallest absolute Gasteiger partial charge is 0.255 e. The topological polar surface area (TPSA) is 62.4 Å². The van der Waals surface area contributed by atoms with Gasteiger partial charge < -0.3 is 20.7 Å². The summed E-state index contributed by atoms with van der Waals surface area (Å²) in [5, 5.41) is 8.94. The van der Waals surface area contributed by atoms with Gasteiger partial charge in [0.1, 0.15) is 5.75 Å². The van der Waals surface area contributed by atoms with Crippen LogP contribution in [0.2, 0.25) is 0 Å². The average molecular weight is 389 g/mol. The van der Waals surface area contributed by atoms with Gasteiger partial charge in [-0.05, 0) is 37.3 Å². The van der Waals surface area contributed by atoms with Gasteiger partial charge in [-0.1, -0.05) is 18.2 Å². The molecule has 0 spiro atoms. The molecular formula is C19H17F2N3O2S. The summed E-state index contributed by atoms with van der Waals surface area (Å²) in [5.41, 5.74) is 1.78. The maximum atomic E-state index is 13.4. The first-order chi connectivity index (χ1) is 12.9. The third-order valence-corrected chi connectivity index (χ3v) is 4.36. The molecule has 1 atom stereocenters. The summed E-state index contributed by atoms with van der Waals surface area (Å²) in [6, 6.07) is 9.85. The fraction of sp³-hybridized carbons (Fsp3) is 0.158. The number of para-hydroxylation sites is 1. The zero-order valence-electron chi connectivity index (χ0n) is 14.6. The Kier molecular flexibility index (Phi) is 5.36. The van der Waals surface area contributed by atoms with Crippen LogP contribution in [0.4, 0.5) is 14.5 Å². The Morgan fingerprint density at radius 3 is 2.63 bits per heavy atom. The Labute approximate surface area is 160 Å². The van der Waals surface area contributed by atoms with Crippen molar-refractivity contribution in [1.29, 1.82) is 0 Å². The summed E-state index contributed by atoms with van der Waals surface area (Å²) in [6.07, 6.45) is 0. The van der Waals surface area contributed by atoms with Crippen LogP contribution in [0.25, 0.3) is 0 Å². The monoisotopic (exact) mass is 389 g/mol. The van der Waals surface area contributed by atoms with Gasteiger partial charge in [0.25, 0.3) is 5.91 Å². The van der Waals surface area contributed by atoms with Crippen molar-refractivity contribution >= 4 is 28.9 Å². The van der Waals surface area contributed by atoms with Crippen LogP contribution >= 0.6 is 12.2 Å². The first-order valence-electron chi connectivity index (χ1n) is 8.08. The van der Waals surface area contributed by atoms with E-state index in [2.05, 4.69) is 16.0 Å². The van der Waals surface area contributed by atoms with E-state index in [1.54, 1.807) is 13.0 Å². The number of halogens is 2. The minimum atomic E-state index is -1.04. The molecule has 0 saturated carbocycles. The molecule has 3 rings (SSSR count). The average Bonchev–Trinajstić information content (AvgIpc) is 2.64. The summed E-state index contributed by atoms with van der Waals surface area (Å²) >= 11 is 5.22. The third-order valence-electron chi connectivity index (χ3n) is 4.14. The molecule has 1 amide bonds. The van der Waals surface area contributed by atoms with Crippen LogP contribution in [0, 0.1) is 11.6 Å². The number of methoxy groups -OCH3 is 1. The van der Waals surface area contributed by atoms with Gasteiger partial charge in [-0.25, -0.2) is 8.78 Å². The Morgan fingerprint density at radius 2 is 1.93 bits per heavy atom. The Morgan fingerprint density at radius 1 is 1.19 bits per heavy atom. The van der Waals surface area contributed by atoms with Crippen LogP contribution in [-0.2, 0) is 4.79 Å². The number of hydrogen-bond acceptors (Lipinski definition) is 3. The molecule has 1 aliphatic rings. The minimum Gasteiger partial charge on any atom is -0.496 e. The molecule has 0 saturated heterocycles. The number of carbonyl (C=O) groups excluding carboxylic acids is 1.